The number of carbonyl (C=O) groups is 1. The quantitative estimate of drug-likeness (QED) is 0.738. The minimum atomic E-state index is -0.438. The minimum Gasteiger partial charge on any atom is -0.391 e. The van der Waals surface area contributed by atoms with Crippen LogP contribution in [0.4, 0.5) is 0 Å². The molecule has 0 aromatic heterocycles. The molecule has 2 aliphatic rings. The van der Waals surface area contributed by atoms with Crippen molar-refractivity contribution in [3.8, 4) is 0 Å². The Morgan fingerprint density at radius 3 is 2.73 bits per heavy atom. The summed E-state index contributed by atoms with van der Waals surface area (Å²) in [6.07, 6.45) is 3.16. The lowest BCUT2D eigenvalue weighted by Gasteiger charge is -2.24. The number of hydrogen-bond donors (Lipinski definition) is 1. The maximum absolute atomic E-state index is 11.4. The van der Waals surface area contributed by atoms with Gasteiger partial charge < -0.3 is 14.7 Å². The Balaban J connectivity index is 1.70. The molecule has 1 amide bonds. The molecule has 0 spiro atoms. The molecule has 0 radical (unpaired) electrons. The largest absolute Gasteiger partial charge is 0.391 e. The topological polar surface area (TPSA) is 49.8 Å². The average Bonchev–Trinajstić information content (AvgIpc) is 2.56. The number of amides is 1. The molecule has 0 saturated carbocycles. The molecule has 2 heterocycles. The van der Waals surface area contributed by atoms with Gasteiger partial charge >= 0.3 is 0 Å². The van der Waals surface area contributed by atoms with Crippen molar-refractivity contribution < 1.29 is 14.6 Å². The highest BCUT2D eigenvalue weighted by molar-refractivity contribution is 5.78. The second kappa shape index (κ2) is 4.94. The van der Waals surface area contributed by atoms with E-state index < -0.39 is 6.10 Å². The van der Waals surface area contributed by atoms with E-state index in [2.05, 4.69) is 0 Å². The van der Waals surface area contributed by atoms with Crippen LogP contribution < -0.4 is 0 Å². The van der Waals surface area contributed by atoms with Gasteiger partial charge in [0.05, 0.1) is 12.5 Å². The molecule has 1 unspecified atom stereocenters. The molecule has 1 atom stereocenters. The predicted octanol–water partition coefficient (Wildman–Crippen LogP) is 0.396. The molecule has 0 aliphatic carbocycles. The van der Waals surface area contributed by atoms with E-state index in [9.17, 15) is 9.90 Å². The molecular weight excluding hydrogens is 194 g/mol. The van der Waals surface area contributed by atoms with Gasteiger partial charge in [-0.3, -0.25) is 4.79 Å². The summed E-state index contributed by atoms with van der Waals surface area (Å²) in [5, 5.41) is 9.32. The molecule has 4 nitrogen and oxygen atoms in total. The fourth-order valence-corrected chi connectivity index (χ4v) is 2.34. The number of β-amino-alcohol motifs (C(OH)–C–C–N with tert-alkyl or cyclic N) is 1. The Labute approximate surface area is 90.2 Å². The zero-order valence-electron chi connectivity index (χ0n) is 9.02. The third kappa shape index (κ3) is 2.92. The number of aliphatic hydroxyl groups excluding tert-OH is 1. The third-order valence-electron chi connectivity index (χ3n) is 3.34. The van der Waals surface area contributed by atoms with Crippen molar-refractivity contribution in [3.63, 3.8) is 0 Å². The number of ether oxygens (including phenoxy) is 1. The summed E-state index contributed by atoms with van der Waals surface area (Å²) >= 11 is 0. The van der Waals surface area contributed by atoms with Gasteiger partial charge in [0.25, 0.3) is 0 Å². The zero-order chi connectivity index (χ0) is 10.7. The maximum atomic E-state index is 11.4. The van der Waals surface area contributed by atoms with Crippen LogP contribution in [-0.4, -0.2) is 48.3 Å². The van der Waals surface area contributed by atoms with E-state index in [1.165, 1.54) is 0 Å². The lowest BCUT2D eigenvalue weighted by atomic mass is 9.96. The van der Waals surface area contributed by atoms with Gasteiger partial charge in [-0.2, -0.15) is 0 Å². The third-order valence-corrected chi connectivity index (χ3v) is 3.34. The summed E-state index contributed by atoms with van der Waals surface area (Å²) in [5.74, 6) is 0.804. The van der Waals surface area contributed by atoms with E-state index in [0.29, 0.717) is 18.9 Å². The Morgan fingerprint density at radius 2 is 2.13 bits per heavy atom. The smallest absolute Gasteiger partial charge is 0.225 e. The standard InChI is InChI=1S/C11H19NO3/c13-10-7-11(14)12(8-10)4-1-9-2-5-15-6-3-9/h9-10,13H,1-8H2. The summed E-state index contributed by atoms with van der Waals surface area (Å²) < 4.78 is 5.29. The molecule has 0 bridgehead atoms. The van der Waals surface area contributed by atoms with Gasteiger partial charge in [0, 0.05) is 26.3 Å². The van der Waals surface area contributed by atoms with Crippen LogP contribution in [0.2, 0.25) is 0 Å². The second-order valence-electron chi connectivity index (χ2n) is 4.54. The molecule has 15 heavy (non-hydrogen) atoms. The van der Waals surface area contributed by atoms with Crippen LogP contribution in [0.25, 0.3) is 0 Å². The molecule has 2 saturated heterocycles. The molecular formula is C11H19NO3. The van der Waals surface area contributed by atoms with Crippen LogP contribution in [0.1, 0.15) is 25.7 Å². The normalized spacial score (nSPS) is 28.7. The molecule has 2 fully saturated rings. The summed E-state index contributed by atoms with van der Waals surface area (Å²) in [6, 6.07) is 0. The van der Waals surface area contributed by atoms with Crippen LogP contribution in [0.3, 0.4) is 0 Å². The summed E-state index contributed by atoms with van der Waals surface area (Å²) in [7, 11) is 0. The van der Waals surface area contributed by atoms with Crippen molar-refractivity contribution >= 4 is 5.91 Å². The van der Waals surface area contributed by atoms with E-state index in [1.54, 1.807) is 4.90 Å². The number of carbonyl (C=O) groups excluding carboxylic acids is 1. The van der Waals surface area contributed by atoms with Crippen LogP contribution in [0.15, 0.2) is 0 Å². The first-order valence-electron chi connectivity index (χ1n) is 5.79. The Hall–Kier alpha value is -0.610. The first kappa shape index (κ1) is 10.9. The fourth-order valence-electron chi connectivity index (χ4n) is 2.34. The molecule has 0 aromatic rings. The highest BCUT2D eigenvalue weighted by Crippen LogP contribution is 2.20. The number of likely N-dealkylation sites (tertiary alicyclic amines) is 1. The molecule has 4 heteroatoms. The van der Waals surface area contributed by atoms with Crippen molar-refractivity contribution in [2.75, 3.05) is 26.3 Å². The van der Waals surface area contributed by atoms with Crippen LogP contribution in [-0.2, 0) is 9.53 Å². The van der Waals surface area contributed by atoms with Crippen molar-refractivity contribution in [2.45, 2.75) is 31.8 Å². The molecule has 1 N–H and O–H groups in total. The molecule has 2 rings (SSSR count). The van der Waals surface area contributed by atoms with Crippen molar-refractivity contribution in [1.82, 2.24) is 4.90 Å². The zero-order valence-corrected chi connectivity index (χ0v) is 9.02. The lowest BCUT2D eigenvalue weighted by molar-refractivity contribution is -0.128. The van der Waals surface area contributed by atoms with Gasteiger partial charge in [-0.25, -0.2) is 0 Å². The van der Waals surface area contributed by atoms with Crippen LogP contribution in [0, 0.1) is 5.92 Å². The number of nitrogens with zero attached hydrogens (tertiary/aromatic N) is 1. The summed E-state index contributed by atoms with van der Waals surface area (Å²) in [5.41, 5.74) is 0. The second-order valence-corrected chi connectivity index (χ2v) is 4.54. The highest BCUT2D eigenvalue weighted by atomic mass is 16.5. The monoisotopic (exact) mass is 213 g/mol. The van der Waals surface area contributed by atoms with E-state index in [-0.39, 0.29) is 5.91 Å². The van der Waals surface area contributed by atoms with E-state index >= 15 is 0 Å². The van der Waals surface area contributed by atoms with E-state index in [0.717, 1.165) is 39.0 Å². The van der Waals surface area contributed by atoms with Crippen molar-refractivity contribution in [3.05, 3.63) is 0 Å². The van der Waals surface area contributed by atoms with Gasteiger partial charge in [0.2, 0.25) is 5.91 Å². The van der Waals surface area contributed by atoms with Crippen molar-refractivity contribution in [2.24, 2.45) is 5.92 Å². The first-order valence-corrected chi connectivity index (χ1v) is 5.79. The summed E-state index contributed by atoms with van der Waals surface area (Å²) in [6.45, 7) is 3.06. The van der Waals surface area contributed by atoms with E-state index in [4.69, 9.17) is 4.74 Å². The fraction of sp³-hybridized carbons (Fsp3) is 0.909. The predicted molar refractivity (Wildman–Crippen MR) is 55.4 cm³/mol. The van der Waals surface area contributed by atoms with Crippen LogP contribution in [0.5, 0.6) is 0 Å². The minimum absolute atomic E-state index is 0.106. The SMILES string of the molecule is O=C1CC(O)CN1CCC1CCOCC1. The summed E-state index contributed by atoms with van der Waals surface area (Å²) in [4.78, 5) is 13.2. The van der Waals surface area contributed by atoms with Gasteiger partial charge in [-0.05, 0) is 25.2 Å². The molecule has 2 aliphatic heterocycles. The van der Waals surface area contributed by atoms with Crippen LogP contribution >= 0.6 is 0 Å². The number of aliphatic hydroxyl groups is 1. The van der Waals surface area contributed by atoms with Crippen molar-refractivity contribution in [1.29, 1.82) is 0 Å². The van der Waals surface area contributed by atoms with Gasteiger partial charge in [-0.15, -0.1) is 0 Å². The number of rotatable bonds is 3. The Morgan fingerprint density at radius 1 is 1.40 bits per heavy atom. The van der Waals surface area contributed by atoms with Gasteiger partial charge in [0.1, 0.15) is 0 Å². The Bertz CT molecular complexity index is 226. The molecule has 86 valence electrons. The first-order chi connectivity index (χ1) is 7.25. The van der Waals surface area contributed by atoms with Gasteiger partial charge in [0.15, 0.2) is 0 Å². The maximum Gasteiger partial charge on any atom is 0.225 e. The average molecular weight is 213 g/mol. The lowest BCUT2D eigenvalue weighted by Crippen LogP contribution is -2.29. The molecule has 0 aromatic carbocycles. The van der Waals surface area contributed by atoms with E-state index in [1.807, 2.05) is 0 Å². The highest BCUT2D eigenvalue weighted by Gasteiger charge is 2.28. The Kier molecular flexibility index (Phi) is 3.59. The van der Waals surface area contributed by atoms with Gasteiger partial charge in [-0.1, -0.05) is 0 Å². The number of hydrogen-bond acceptors (Lipinski definition) is 3.